The molecule has 3 aliphatic rings. The number of piperidine rings is 1. The van der Waals surface area contributed by atoms with Crippen molar-refractivity contribution in [1.29, 1.82) is 0 Å². The Morgan fingerprint density at radius 3 is 2.50 bits per heavy atom. The van der Waals surface area contributed by atoms with Crippen LogP contribution in [0.5, 0.6) is 0 Å². The topological polar surface area (TPSA) is 44.4 Å². The highest BCUT2D eigenvalue weighted by Gasteiger charge is 2.32. The number of likely N-dealkylation sites (tertiary alicyclic amines) is 1. The van der Waals surface area contributed by atoms with Crippen molar-refractivity contribution in [3.8, 4) is 11.1 Å². The van der Waals surface area contributed by atoms with E-state index in [0.717, 1.165) is 44.1 Å². The van der Waals surface area contributed by atoms with Gasteiger partial charge in [0.2, 0.25) is 0 Å². The zero-order valence-electron chi connectivity index (χ0n) is 15.0. The molecule has 1 saturated carbocycles. The zero-order valence-corrected chi connectivity index (χ0v) is 15.0. The van der Waals surface area contributed by atoms with Crippen LogP contribution in [-0.2, 0) is 6.42 Å². The fourth-order valence-electron chi connectivity index (χ4n) is 4.42. The molecule has 0 spiro atoms. The van der Waals surface area contributed by atoms with Gasteiger partial charge in [0.05, 0.1) is 0 Å². The lowest BCUT2D eigenvalue weighted by Crippen LogP contribution is -2.46. The lowest BCUT2D eigenvalue weighted by molar-refractivity contribution is 0.189. The van der Waals surface area contributed by atoms with Gasteiger partial charge in [0.1, 0.15) is 0 Å². The minimum atomic E-state index is -0.0784. The highest BCUT2D eigenvalue weighted by atomic mass is 16.2. The van der Waals surface area contributed by atoms with E-state index in [0.29, 0.717) is 6.04 Å². The van der Waals surface area contributed by atoms with Crippen LogP contribution in [0.1, 0.15) is 36.8 Å². The summed E-state index contributed by atoms with van der Waals surface area (Å²) in [6.07, 6.45) is 5.79. The van der Waals surface area contributed by atoms with Gasteiger partial charge in [-0.3, -0.25) is 0 Å². The van der Waals surface area contributed by atoms with Gasteiger partial charge in [-0.1, -0.05) is 30.3 Å². The molecule has 4 nitrogen and oxygen atoms in total. The van der Waals surface area contributed by atoms with Crippen LogP contribution in [-0.4, -0.2) is 36.1 Å². The molecular weight excluding hydrogens is 322 g/mol. The van der Waals surface area contributed by atoms with Crippen molar-refractivity contribution in [2.75, 3.05) is 18.4 Å². The second-order valence-electron chi connectivity index (χ2n) is 7.85. The second-order valence-corrected chi connectivity index (χ2v) is 7.85. The molecule has 1 saturated heterocycles. The van der Waals surface area contributed by atoms with Gasteiger partial charge in [0.25, 0.3) is 0 Å². The number of anilines is 1. The smallest absolute Gasteiger partial charge is 0.319 e. The van der Waals surface area contributed by atoms with E-state index in [1.165, 1.54) is 35.1 Å². The van der Waals surface area contributed by atoms with Crippen LogP contribution in [0.15, 0.2) is 42.5 Å². The lowest BCUT2D eigenvalue weighted by Gasteiger charge is -2.32. The Morgan fingerprint density at radius 1 is 0.923 bits per heavy atom. The highest BCUT2D eigenvalue weighted by molar-refractivity contribution is 5.90. The molecule has 0 radical (unpaired) electrons. The van der Waals surface area contributed by atoms with Crippen molar-refractivity contribution in [3.63, 3.8) is 0 Å². The minimum absolute atomic E-state index is 0.0784. The van der Waals surface area contributed by atoms with Crippen molar-refractivity contribution in [2.45, 2.75) is 44.2 Å². The molecule has 4 heteroatoms. The highest BCUT2D eigenvalue weighted by Crippen LogP contribution is 2.37. The van der Waals surface area contributed by atoms with E-state index in [4.69, 9.17) is 0 Å². The summed E-state index contributed by atoms with van der Waals surface area (Å²) in [7, 11) is 0. The van der Waals surface area contributed by atoms with Gasteiger partial charge in [0.15, 0.2) is 0 Å². The van der Waals surface area contributed by atoms with Gasteiger partial charge in [0, 0.05) is 30.9 Å². The van der Waals surface area contributed by atoms with Gasteiger partial charge in [-0.15, -0.1) is 0 Å². The normalized spacial score (nSPS) is 19.7. The van der Waals surface area contributed by atoms with E-state index in [1.807, 2.05) is 6.07 Å². The molecule has 2 fully saturated rings. The van der Waals surface area contributed by atoms with Gasteiger partial charge >= 0.3 is 6.03 Å². The summed E-state index contributed by atoms with van der Waals surface area (Å²) < 4.78 is 0. The Morgan fingerprint density at radius 2 is 1.69 bits per heavy atom. The summed E-state index contributed by atoms with van der Waals surface area (Å²) in [5, 5.41) is 6.18. The SMILES string of the molecule is O=C(Nc1ccc2c(c1)Cc1ccccc1-2)NC1CCN(C2CC2)CC1. The molecule has 26 heavy (non-hydrogen) atoms. The number of amides is 2. The average molecular weight is 347 g/mol. The number of nitrogens with zero attached hydrogens (tertiary/aromatic N) is 1. The summed E-state index contributed by atoms with van der Waals surface area (Å²) in [4.78, 5) is 15.0. The van der Waals surface area contributed by atoms with Crippen molar-refractivity contribution in [1.82, 2.24) is 10.2 Å². The molecule has 0 bridgehead atoms. The minimum Gasteiger partial charge on any atom is -0.335 e. The molecule has 0 atom stereocenters. The third-order valence-electron chi connectivity index (χ3n) is 5.98. The summed E-state index contributed by atoms with van der Waals surface area (Å²) in [5.41, 5.74) is 6.15. The van der Waals surface area contributed by atoms with Crippen LogP contribution < -0.4 is 10.6 Å². The van der Waals surface area contributed by atoms with Gasteiger partial charge in [-0.05, 0) is 66.5 Å². The first-order chi connectivity index (χ1) is 12.8. The first-order valence-corrected chi connectivity index (χ1v) is 9.79. The first kappa shape index (κ1) is 15.9. The maximum Gasteiger partial charge on any atom is 0.319 e. The molecule has 2 N–H and O–H groups in total. The fraction of sp³-hybridized carbons (Fsp3) is 0.409. The molecule has 0 unspecified atom stereocenters. The molecule has 1 heterocycles. The molecular formula is C22H25N3O. The monoisotopic (exact) mass is 347 g/mol. The standard InChI is InChI=1S/C22H25N3O/c26-22(23-17-9-11-25(12-10-17)19-6-7-19)24-18-5-8-21-16(14-18)13-15-3-1-2-4-20(15)21/h1-5,8,14,17,19H,6-7,9-13H2,(H2,23,24,26). The molecule has 5 rings (SSSR count). The van der Waals surface area contributed by atoms with Crippen molar-refractivity contribution < 1.29 is 4.79 Å². The van der Waals surface area contributed by atoms with E-state index >= 15 is 0 Å². The predicted molar refractivity (Wildman–Crippen MR) is 104 cm³/mol. The van der Waals surface area contributed by atoms with Crippen LogP contribution in [0.25, 0.3) is 11.1 Å². The average Bonchev–Trinajstić information content (AvgIpc) is 3.43. The van der Waals surface area contributed by atoms with E-state index in [9.17, 15) is 4.79 Å². The lowest BCUT2D eigenvalue weighted by atomic mass is 10.0. The van der Waals surface area contributed by atoms with Gasteiger partial charge in [-0.2, -0.15) is 0 Å². The quantitative estimate of drug-likeness (QED) is 0.752. The molecule has 134 valence electrons. The molecule has 1 aliphatic heterocycles. The Labute approximate surface area is 154 Å². The summed E-state index contributed by atoms with van der Waals surface area (Å²) >= 11 is 0. The molecule has 2 aromatic rings. The van der Waals surface area contributed by atoms with E-state index < -0.39 is 0 Å². The van der Waals surface area contributed by atoms with Crippen LogP contribution in [0, 0.1) is 0 Å². The van der Waals surface area contributed by atoms with E-state index in [-0.39, 0.29) is 6.03 Å². The summed E-state index contributed by atoms with van der Waals surface area (Å²) in [6, 6.07) is 15.8. The van der Waals surface area contributed by atoms with Crippen molar-refractivity contribution >= 4 is 11.7 Å². The van der Waals surface area contributed by atoms with Crippen LogP contribution in [0.4, 0.5) is 10.5 Å². The Balaban J connectivity index is 1.19. The largest absolute Gasteiger partial charge is 0.335 e. The van der Waals surface area contributed by atoms with Gasteiger partial charge in [-0.25, -0.2) is 4.79 Å². The number of hydrogen-bond donors (Lipinski definition) is 2. The number of rotatable bonds is 3. The number of benzene rings is 2. The third-order valence-corrected chi connectivity index (χ3v) is 5.98. The zero-order chi connectivity index (χ0) is 17.5. The fourth-order valence-corrected chi connectivity index (χ4v) is 4.42. The maximum atomic E-state index is 12.4. The van der Waals surface area contributed by atoms with Crippen molar-refractivity contribution in [3.05, 3.63) is 53.6 Å². The number of urea groups is 1. The number of carbonyl (C=O) groups is 1. The number of hydrogen-bond acceptors (Lipinski definition) is 2. The van der Waals surface area contributed by atoms with E-state index in [2.05, 4.69) is 51.9 Å². The van der Waals surface area contributed by atoms with Gasteiger partial charge < -0.3 is 15.5 Å². The Kier molecular flexibility index (Phi) is 3.93. The maximum absolute atomic E-state index is 12.4. The first-order valence-electron chi connectivity index (χ1n) is 9.79. The number of carbonyl (C=O) groups excluding carboxylic acids is 1. The Hall–Kier alpha value is -2.33. The second kappa shape index (κ2) is 6.44. The van der Waals surface area contributed by atoms with E-state index in [1.54, 1.807) is 0 Å². The summed E-state index contributed by atoms with van der Waals surface area (Å²) in [6.45, 7) is 2.24. The third kappa shape index (κ3) is 3.10. The predicted octanol–water partition coefficient (Wildman–Crippen LogP) is 4.01. The Bertz CT molecular complexity index is 835. The molecule has 2 amide bonds. The number of nitrogens with one attached hydrogen (secondary N) is 2. The van der Waals surface area contributed by atoms with Crippen molar-refractivity contribution in [2.24, 2.45) is 0 Å². The van der Waals surface area contributed by atoms with Crippen LogP contribution >= 0.6 is 0 Å². The number of fused-ring (bicyclic) bond motifs is 3. The molecule has 0 aromatic heterocycles. The summed E-state index contributed by atoms with van der Waals surface area (Å²) in [5.74, 6) is 0. The molecule has 2 aliphatic carbocycles. The van der Waals surface area contributed by atoms with Crippen LogP contribution in [0.2, 0.25) is 0 Å². The molecule has 2 aromatic carbocycles. The van der Waals surface area contributed by atoms with Crippen LogP contribution in [0.3, 0.4) is 0 Å².